The van der Waals surface area contributed by atoms with E-state index in [-0.39, 0.29) is 24.2 Å². The van der Waals surface area contributed by atoms with Gasteiger partial charge in [-0.05, 0) is 73.2 Å². The minimum atomic E-state index is -1.03. The molecule has 49 heavy (non-hydrogen) atoms. The van der Waals surface area contributed by atoms with Crippen molar-refractivity contribution < 1.29 is 28.7 Å². The van der Waals surface area contributed by atoms with Crippen molar-refractivity contribution in [2.45, 2.75) is 71.1 Å². The summed E-state index contributed by atoms with van der Waals surface area (Å²) in [6, 6.07) is 20.3. The molecule has 11 heteroatoms. The van der Waals surface area contributed by atoms with Crippen LogP contribution < -0.4 is 26.0 Å². The minimum Gasteiger partial charge on any atom is -0.497 e. The Labute approximate surface area is 288 Å². The van der Waals surface area contributed by atoms with E-state index in [0.717, 1.165) is 11.1 Å². The number of carbonyl (C=O) groups is 5. The van der Waals surface area contributed by atoms with Gasteiger partial charge in [0.05, 0.1) is 7.11 Å². The number of amides is 5. The number of ether oxygens (including phenoxy) is 1. The lowest BCUT2D eigenvalue weighted by Gasteiger charge is -2.27. The Kier molecular flexibility index (Phi) is 13.3. The average Bonchev–Trinajstić information content (AvgIpc) is 3.12. The van der Waals surface area contributed by atoms with Crippen LogP contribution in [0.2, 0.25) is 0 Å². The number of hydrogen-bond acceptors (Lipinski definition) is 6. The molecule has 0 saturated heterocycles. The molecule has 0 aromatic heterocycles. The maximum absolute atomic E-state index is 13.8. The summed E-state index contributed by atoms with van der Waals surface area (Å²) in [5, 5.41) is 11.3. The summed E-state index contributed by atoms with van der Waals surface area (Å²) in [7, 11) is 1.56. The van der Waals surface area contributed by atoms with Crippen LogP contribution in [0.25, 0.3) is 0 Å². The maximum Gasteiger partial charge on any atom is 0.254 e. The van der Waals surface area contributed by atoms with Crippen molar-refractivity contribution in [3.05, 3.63) is 101 Å². The second kappa shape index (κ2) is 17.8. The number of methoxy groups -OCH3 is 1. The Morgan fingerprint density at radius 2 is 1.55 bits per heavy atom. The van der Waals surface area contributed by atoms with Gasteiger partial charge in [0.1, 0.15) is 23.9 Å². The first kappa shape index (κ1) is 36.6. The van der Waals surface area contributed by atoms with Crippen molar-refractivity contribution in [2.75, 3.05) is 20.2 Å². The molecule has 2 aliphatic heterocycles. The minimum absolute atomic E-state index is 0.118. The summed E-state index contributed by atoms with van der Waals surface area (Å²) >= 11 is 0. The highest BCUT2D eigenvalue weighted by atomic mass is 16.5. The Morgan fingerprint density at radius 3 is 2.20 bits per heavy atom. The predicted octanol–water partition coefficient (Wildman–Crippen LogP) is 3.62. The molecular formula is C38H47N5O6. The second-order valence-electron chi connectivity index (χ2n) is 12.5. The molecule has 0 spiro atoms. The van der Waals surface area contributed by atoms with Crippen molar-refractivity contribution in [2.24, 2.45) is 5.92 Å². The van der Waals surface area contributed by atoms with Gasteiger partial charge in [0.2, 0.25) is 17.7 Å². The lowest BCUT2D eigenvalue weighted by molar-refractivity contribution is -0.132. The highest BCUT2D eigenvalue weighted by Gasteiger charge is 2.31. The van der Waals surface area contributed by atoms with E-state index in [9.17, 15) is 24.0 Å². The largest absolute Gasteiger partial charge is 0.497 e. The average molecular weight is 670 g/mol. The molecule has 1 unspecified atom stereocenters. The fourth-order valence-corrected chi connectivity index (χ4v) is 5.56. The lowest BCUT2D eigenvalue weighted by atomic mass is 9.96. The van der Waals surface area contributed by atoms with Gasteiger partial charge in [0.25, 0.3) is 11.8 Å². The number of nitrogens with one attached hydrogen (secondary N) is 4. The molecule has 3 aromatic carbocycles. The summed E-state index contributed by atoms with van der Waals surface area (Å²) in [5.74, 6) is -1.56. The van der Waals surface area contributed by atoms with Gasteiger partial charge in [0.15, 0.2) is 0 Å². The fraction of sp³-hybridized carbons (Fsp3) is 0.395. The van der Waals surface area contributed by atoms with Gasteiger partial charge in [0, 0.05) is 37.2 Å². The van der Waals surface area contributed by atoms with Crippen LogP contribution in [0.3, 0.4) is 0 Å². The second-order valence-corrected chi connectivity index (χ2v) is 12.5. The molecule has 4 N–H and O–H groups in total. The van der Waals surface area contributed by atoms with Crippen LogP contribution in [0, 0.1) is 5.92 Å². The summed E-state index contributed by atoms with van der Waals surface area (Å²) in [5.41, 5.74) is 2.55. The molecule has 3 aromatic rings. The molecule has 2 heterocycles. The quantitative estimate of drug-likeness (QED) is 0.295. The summed E-state index contributed by atoms with van der Waals surface area (Å²) in [6.45, 7) is 6.51. The van der Waals surface area contributed by atoms with E-state index in [1.54, 1.807) is 79.6 Å². The maximum atomic E-state index is 13.8. The van der Waals surface area contributed by atoms with E-state index in [4.69, 9.17) is 4.74 Å². The van der Waals surface area contributed by atoms with Gasteiger partial charge in [-0.2, -0.15) is 0 Å². The third-order valence-electron chi connectivity index (χ3n) is 8.82. The van der Waals surface area contributed by atoms with Gasteiger partial charge < -0.3 is 30.9 Å². The first-order valence-corrected chi connectivity index (χ1v) is 16.8. The standard InChI is InChI=1S/C38H47N5O6/c1-5-25(2)33-37(47)41-32(23-27-15-19-31(49-4)20-16-27)36(46)40-26(3)34(44)39-21-9-10-22-43(38(48)30-11-7-6-8-12-30)24-28-13-17-29(18-14-28)35(45)42-33/h6-8,11-20,25-26,32-33H,5,9-10,21-24H2,1-4H3,(H,39,44)(H,40,46)(H,41,47)(H,42,45)/t25-,26+,32-,33?/m0/s1. The van der Waals surface area contributed by atoms with E-state index < -0.39 is 35.8 Å². The van der Waals surface area contributed by atoms with Crippen LogP contribution in [0.15, 0.2) is 78.9 Å². The Morgan fingerprint density at radius 1 is 0.857 bits per heavy atom. The van der Waals surface area contributed by atoms with Crippen LogP contribution in [0.5, 0.6) is 5.75 Å². The number of hydrogen-bond donors (Lipinski definition) is 4. The SMILES string of the molecule is CC[C@H](C)C1NC(=O)c2ccc(cc2)CN(C(=O)c2ccccc2)CCCCNC(=O)[C@@H](C)NC(=O)[C@H](Cc2ccc(OC)cc2)NC1=O. The van der Waals surface area contributed by atoms with Gasteiger partial charge in [-0.1, -0.05) is 62.7 Å². The summed E-state index contributed by atoms with van der Waals surface area (Å²) in [6.07, 6.45) is 1.98. The van der Waals surface area contributed by atoms with Crippen LogP contribution in [0.4, 0.5) is 0 Å². The van der Waals surface area contributed by atoms with Gasteiger partial charge in [-0.25, -0.2) is 0 Å². The molecule has 11 nitrogen and oxygen atoms in total. The topological polar surface area (TPSA) is 146 Å². The van der Waals surface area contributed by atoms with Crippen molar-refractivity contribution >= 4 is 29.5 Å². The van der Waals surface area contributed by atoms with E-state index in [2.05, 4.69) is 21.3 Å². The van der Waals surface area contributed by atoms with Crippen LogP contribution in [0.1, 0.15) is 71.9 Å². The Hall–Kier alpha value is -5.19. The van der Waals surface area contributed by atoms with Gasteiger partial charge >= 0.3 is 0 Å². The zero-order valence-electron chi connectivity index (χ0n) is 28.7. The highest BCUT2D eigenvalue weighted by molar-refractivity contribution is 5.99. The molecule has 0 radical (unpaired) electrons. The van der Waals surface area contributed by atoms with Crippen molar-refractivity contribution in [1.82, 2.24) is 26.2 Å². The number of carbonyl (C=O) groups excluding carboxylic acids is 5. The predicted molar refractivity (Wildman–Crippen MR) is 187 cm³/mol. The van der Waals surface area contributed by atoms with Crippen molar-refractivity contribution in [3.63, 3.8) is 0 Å². The third-order valence-corrected chi connectivity index (χ3v) is 8.82. The molecule has 4 atom stereocenters. The van der Waals surface area contributed by atoms with Crippen LogP contribution >= 0.6 is 0 Å². The number of nitrogens with zero attached hydrogens (tertiary/aromatic N) is 1. The van der Waals surface area contributed by atoms with Gasteiger partial charge in [-0.15, -0.1) is 0 Å². The Bertz CT molecular complexity index is 1580. The van der Waals surface area contributed by atoms with E-state index >= 15 is 0 Å². The van der Waals surface area contributed by atoms with Crippen molar-refractivity contribution in [3.8, 4) is 5.75 Å². The zero-order chi connectivity index (χ0) is 35.3. The number of rotatable bonds is 6. The molecule has 0 saturated carbocycles. The number of fused-ring (bicyclic) bond motifs is 18. The third kappa shape index (κ3) is 10.4. The monoisotopic (exact) mass is 669 g/mol. The molecule has 5 rings (SSSR count). The van der Waals surface area contributed by atoms with E-state index in [0.29, 0.717) is 55.8 Å². The molecule has 0 fully saturated rings. The first-order chi connectivity index (χ1) is 23.6. The molecule has 5 amide bonds. The molecule has 2 bridgehead atoms. The van der Waals surface area contributed by atoms with Crippen molar-refractivity contribution in [1.29, 1.82) is 0 Å². The normalized spacial score (nSPS) is 20.6. The smallest absolute Gasteiger partial charge is 0.254 e. The molecule has 2 aliphatic rings. The molecular weight excluding hydrogens is 622 g/mol. The zero-order valence-corrected chi connectivity index (χ0v) is 28.7. The van der Waals surface area contributed by atoms with Crippen LogP contribution in [-0.2, 0) is 27.3 Å². The molecule has 260 valence electrons. The lowest BCUT2D eigenvalue weighted by Crippen LogP contribution is -2.58. The van der Waals surface area contributed by atoms with Gasteiger partial charge in [-0.3, -0.25) is 24.0 Å². The Balaban J connectivity index is 1.61. The fourth-order valence-electron chi connectivity index (χ4n) is 5.56. The first-order valence-electron chi connectivity index (χ1n) is 16.8. The summed E-state index contributed by atoms with van der Waals surface area (Å²) < 4.78 is 5.25. The number of benzene rings is 3. The molecule has 0 aliphatic carbocycles. The summed E-state index contributed by atoms with van der Waals surface area (Å²) in [4.78, 5) is 69.0. The van der Waals surface area contributed by atoms with Crippen LogP contribution in [-0.4, -0.2) is 72.8 Å². The van der Waals surface area contributed by atoms with E-state index in [1.807, 2.05) is 32.0 Å². The highest BCUT2D eigenvalue weighted by Crippen LogP contribution is 2.16. The van der Waals surface area contributed by atoms with E-state index in [1.165, 1.54) is 0 Å².